The van der Waals surface area contributed by atoms with Crippen molar-refractivity contribution in [3.8, 4) is 0 Å². The third-order valence-corrected chi connectivity index (χ3v) is 3.12. The van der Waals surface area contributed by atoms with Gasteiger partial charge in [0.05, 0.1) is 6.04 Å². The monoisotopic (exact) mass is 321 g/mol. The summed E-state index contributed by atoms with van der Waals surface area (Å²) in [5.41, 5.74) is 5.70. The van der Waals surface area contributed by atoms with E-state index in [0.717, 1.165) is 5.56 Å². The summed E-state index contributed by atoms with van der Waals surface area (Å²) in [4.78, 5) is 24.9. The lowest BCUT2D eigenvalue weighted by atomic mass is 10.1. The number of amides is 2. The standard InChI is InChI=1S/C16H23N3O4/c1-16(2,3)23-14(20)18-17-13-9-19(10-13)15(21)22-11-12-7-5-4-6-8-12/h4-8,13,17H,9-11H2,1-3H3,(H,18,20). The third kappa shape index (κ3) is 5.78. The van der Waals surface area contributed by atoms with E-state index in [4.69, 9.17) is 9.47 Å². The smallest absolute Gasteiger partial charge is 0.422 e. The first-order valence-electron chi connectivity index (χ1n) is 7.53. The molecule has 7 heteroatoms. The number of likely N-dealkylation sites (tertiary alicyclic amines) is 1. The van der Waals surface area contributed by atoms with E-state index < -0.39 is 11.7 Å². The predicted molar refractivity (Wildman–Crippen MR) is 84.5 cm³/mol. The highest BCUT2D eigenvalue weighted by Crippen LogP contribution is 2.11. The number of carbonyl (C=O) groups is 2. The molecule has 0 unspecified atom stereocenters. The van der Waals surface area contributed by atoms with E-state index in [1.807, 2.05) is 30.3 Å². The van der Waals surface area contributed by atoms with Crippen molar-refractivity contribution in [2.75, 3.05) is 13.1 Å². The van der Waals surface area contributed by atoms with Crippen molar-refractivity contribution < 1.29 is 19.1 Å². The second-order valence-electron chi connectivity index (χ2n) is 6.41. The van der Waals surface area contributed by atoms with Gasteiger partial charge < -0.3 is 14.4 Å². The Morgan fingerprint density at radius 3 is 2.48 bits per heavy atom. The van der Waals surface area contributed by atoms with Crippen molar-refractivity contribution in [3.63, 3.8) is 0 Å². The molecule has 1 aliphatic heterocycles. The topological polar surface area (TPSA) is 79.9 Å². The molecule has 1 saturated heterocycles. The molecule has 0 bridgehead atoms. The lowest BCUT2D eigenvalue weighted by Gasteiger charge is -2.38. The molecule has 1 fully saturated rings. The minimum absolute atomic E-state index is 0.00760. The quantitative estimate of drug-likeness (QED) is 0.830. The van der Waals surface area contributed by atoms with E-state index >= 15 is 0 Å². The van der Waals surface area contributed by atoms with Crippen LogP contribution in [0.1, 0.15) is 26.3 Å². The maximum Gasteiger partial charge on any atom is 0.422 e. The van der Waals surface area contributed by atoms with Crippen LogP contribution in [0.2, 0.25) is 0 Å². The number of ether oxygens (including phenoxy) is 2. The van der Waals surface area contributed by atoms with Crippen LogP contribution in [0.15, 0.2) is 30.3 Å². The van der Waals surface area contributed by atoms with Crippen LogP contribution in [0.25, 0.3) is 0 Å². The van der Waals surface area contributed by atoms with Gasteiger partial charge in [0.2, 0.25) is 0 Å². The highest BCUT2D eigenvalue weighted by Gasteiger charge is 2.32. The highest BCUT2D eigenvalue weighted by atomic mass is 16.6. The lowest BCUT2D eigenvalue weighted by molar-refractivity contribution is 0.0390. The van der Waals surface area contributed by atoms with Crippen LogP contribution in [-0.2, 0) is 16.1 Å². The van der Waals surface area contributed by atoms with Crippen LogP contribution < -0.4 is 10.9 Å². The molecule has 0 saturated carbocycles. The molecule has 0 spiro atoms. The van der Waals surface area contributed by atoms with Gasteiger partial charge in [-0.1, -0.05) is 30.3 Å². The molecule has 23 heavy (non-hydrogen) atoms. The van der Waals surface area contributed by atoms with Crippen molar-refractivity contribution in [1.29, 1.82) is 0 Å². The molecule has 1 aromatic carbocycles. The molecule has 0 aromatic heterocycles. The number of nitrogens with one attached hydrogen (secondary N) is 2. The predicted octanol–water partition coefficient (Wildman–Crippen LogP) is 2.04. The van der Waals surface area contributed by atoms with E-state index in [0.29, 0.717) is 13.1 Å². The lowest BCUT2D eigenvalue weighted by Crippen LogP contribution is -2.63. The zero-order chi connectivity index (χ0) is 16.9. The number of carbonyl (C=O) groups excluding carboxylic acids is 2. The molecule has 7 nitrogen and oxygen atoms in total. The molecular formula is C16H23N3O4. The number of hydrogen-bond acceptors (Lipinski definition) is 5. The maximum absolute atomic E-state index is 11.8. The molecular weight excluding hydrogens is 298 g/mol. The number of nitrogens with zero attached hydrogens (tertiary/aromatic N) is 1. The normalized spacial score (nSPS) is 14.8. The Morgan fingerprint density at radius 1 is 1.22 bits per heavy atom. The van der Waals surface area contributed by atoms with E-state index in [1.165, 1.54) is 0 Å². The van der Waals surface area contributed by atoms with Gasteiger partial charge in [0, 0.05) is 13.1 Å². The number of benzene rings is 1. The van der Waals surface area contributed by atoms with Crippen molar-refractivity contribution in [2.45, 2.75) is 39.0 Å². The van der Waals surface area contributed by atoms with Gasteiger partial charge in [-0.15, -0.1) is 0 Å². The fourth-order valence-electron chi connectivity index (χ4n) is 1.99. The van der Waals surface area contributed by atoms with E-state index in [2.05, 4.69) is 10.9 Å². The van der Waals surface area contributed by atoms with Crippen LogP contribution in [0.4, 0.5) is 9.59 Å². The second kappa shape index (κ2) is 7.32. The molecule has 126 valence electrons. The van der Waals surface area contributed by atoms with Crippen molar-refractivity contribution in [3.05, 3.63) is 35.9 Å². The van der Waals surface area contributed by atoms with Gasteiger partial charge in [-0.2, -0.15) is 0 Å². The van der Waals surface area contributed by atoms with Gasteiger partial charge in [0.25, 0.3) is 0 Å². The number of rotatable bonds is 4. The Hall–Kier alpha value is -2.28. The number of hydrazine groups is 1. The molecule has 1 aromatic rings. The van der Waals surface area contributed by atoms with E-state index in [1.54, 1.807) is 25.7 Å². The molecule has 0 aliphatic carbocycles. The van der Waals surface area contributed by atoms with Crippen LogP contribution in [0.5, 0.6) is 0 Å². The first-order chi connectivity index (χ1) is 10.8. The fourth-order valence-corrected chi connectivity index (χ4v) is 1.99. The largest absolute Gasteiger partial charge is 0.445 e. The third-order valence-electron chi connectivity index (χ3n) is 3.12. The first kappa shape index (κ1) is 17.1. The Bertz CT molecular complexity index is 536. The Balaban J connectivity index is 1.61. The van der Waals surface area contributed by atoms with Crippen molar-refractivity contribution in [2.24, 2.45) is 0 Å². The highest BCUT2D eigenvalue weighted by molar-refractivity contribution is 5.69. The van der Waals surface area contributed by atoms with Crippen LogP contribution in [0.3, 0.4) is 0 Å². The Kier molecular flexibility index (Phi) is 5.44. The minimum atomic E-state index is -0.543. The molecule has 2 amide bonds. The second-order valence-corrected chi connectivity index (χ2v) is 6.41. The summed E-state index contributed by atoms with van der Waals surface area (Å²) in [6.07, 6.45) is -0.897. The summed E-state index contributed by atoms with van der Waals surface area (Å²) in [6.45, 7) is 6.58. The average molecular weight is 321 g/mol. The van der Waals surface area contributed by atoms with Gasteiger partial charge in [0.15, 0.2) is 0 Å². The van der Waals surface area contributed by atoms with Gasteiger partial charge in [-0.25, -0.2) is 15.0 Å². The summed E-state index contributed by atoms with van der Waals surface area (Å²) in [6, 6.07) is 9.50. The molecule has 0 atom stereocenters. The van der Waals surface area contributed by atoms with Crippen molar-refractivity contribution >= 4 is 12.2 Å². The molecule has 0 radical (unpaired) electrons. The SMILES string of the molecule is CC(C)(C)OC(=O)NNC1CN(C(=O)OCc2ccccc2)C1. The summed E-state index contributed by atoms with van der Waals surface area (Å²) >= 11 is 0. The minimum Gasteiger partial charge on any atom is -0.445 e. The van der Waals surface area contributed by atoms with E-state index in [-0.39, 0.29) is 18.7 Å². The summed E-state index contributed by atoms with van der Waals surface area (Å²) < 4.78 is 10.3. The van der Waals surface area contributed by atoms with Gasteiger partial charge in [-0.05, 0) is 26.3 Å². The number of hydrogen-bond donors (Lipinski definition) is 2. The summed E-state index contributed by atoms with van der Waals surface area (Å²) in [5, 5.41) is 0. The zero-order valence-electron chi connectivity index (χ0n) is 13.7. The maximum atomic E-state index is 11.8. The van der Waals surface area contributed by atoms with Gasteiger partial charge >= 0.3 is 12.2 Å². The molecule has 1 heterocycles. The Labute approximate surface area is 135 Å². The first-order valence-corrected chi connectivity index (χ1v) is 7.53. The molecule has 2 N–H and O–H groups in total. The average Bonchev–Trinajstić information content (AvgIpc) is 2.42. The van der Waals surface area contributed by atoms with Crippen LogP contribution >= 0.6 is 0 Å². The van der Waals surface area contributed by atoms with Gasteiger partial charge in [-0.3, -0.25) is 5.43 Å². The van der Waals surface area contributed by atoms with E-state index in [9.17, 15) is 9.59 Å². The summed E-state index contributed by atoms with van der Waals surface area (Å²) in [7, 11) is 0. The van der Waals surface area contributed by atoms with Crippen LogP contribution in [-0.4, -0.2) is 41.8 Å². The Morgan fingerprint density at radius 2 is 1.87 bits per heavy atom. The molecule has 1 aliphatic rings. The van der Waals surface area contributed by atoms with Gasteiger partial charge in [0.1, 0.15) is 12.2 Å². The van der Waals surface area contributed by atoms with Crippen molar-refractivity contribution in [1.82, 2.24) is 15.8 Å². The van der Waals surface area contributed by atoms with Crippen LogP contribution in [0, 0.1) is 0 Å². The molecule has 2 rings (SSSR count). The summed E-state index contributed by atoms with van der Waals surface area (Å²) in [5.74, 6) is 0. The fraction of sp³-hybridized carbons (Fsp3) is 0.500. The zero-order valence-corrected chi connectivity index (χ0v) is 13.7.